The van der Waals surface area contributed by atoms with Crippen molar-refractivity contribution in [1.82, 2.24) is 5.32 Å². The van der Waals surface area contributed by atoms with Crippen LogP contribution in [0.1, 0.15) is 44.0 Å². The minimum atomic E-state index is -1.25. The van der Waals surface area contributed by atoms with Gasteiger partial charge in [0.25, 0.3) is 0 Å². The summed E-state index contributed by atoms with van der Waals surface area (Å²) in [5, 5.41) is 13.9. The first-order valence-electron chi connectivity index (χ1n) is 7.95. The molecule has 7 heteroatoms. The summed E-state index contributed by atoms with van der Waals surface area (Å²) >= 11 is 11.8. The fraction of sp³-hybridized carbons (Fsp3) is 0.316. The average Bonchev–Trinajstić information content (AvgIpc) is 2.51. The number of hydrogen-bond acceptors (Lipinski definition) is 3. The minimum absolute atomic E-state index is 0.0766. The summed E-state index contributed by atoms with van der Waals surface area (Å²) in [6, 6.07) is 9.40. The van der Waals surface area contributed by atoms with E-state index in [1.165, 1.54) is 12.1 Å². The van der Waals surface area contributed by atoms with Crippen molar-refractivity contribution in [2.75, 3.05) is 0 Å². The zero-order valence-corrected chi connectivity index (χ0v) is 16.1. The van der Waals surface area contributed by atoms with Gasteiger partial charge in [-0.3, -0.25) is 0 Å². The maximum atomic E-state index is 14.4. The number of nitrogens with one attached hydrogen (secondary N) is 1. The van der Waals surface area contributed by atoms with E-state index in [0.717, 1.165) is 6.07 Å². The Morgan fingerprint density at radius 2 is 1.81 bits per heavy atom. The number of carbonyl (C=O) groups excluding carboxylic acids is 1. The molecule has 0 radical (unpaired) electrons. The highest BCUT2D eigenvalue weighted by Crippen LogP contribution is 2.32. The number of ether oxygens (including phenoxy) is 1. The molecule has 0 saturated heterocycles. The predicted molar refractivity (Wildman–Crippen MR) is 99.9 cm³/mol. The van der Waals surface area contributed by atoms with E-state index in [4.69, 9.17) is 27.9 Å². The lowest BCUT2D eigenvalue weighted by Crippen LogP contribution is -2.37. The highest BCUT2D eigenvalue weighted by Gasteiger charge is 2.29. The van der Waals surface area contributed by atoms with Crippen molar-refractivity contribution in [2.24, 2.45) is 0 Å². The summed E-state index contributed by atoms with van der Waals surface area (Å²) in [7, 11) is 0. The van der Waals surface area contributed by atoms with Gasteiger partial charge >= 0.3 is 6.09 Å². The molecule has 2 N–H and O–H groups in total. The van der Waals surface area contributed by atoms with Crippen LogP contribution in [0.25, 0.3) is 0 Å². The van der Waals surface area contributed by atoms with Crippen molar-refractivity contribution >= 4 is 29.3 Å². The number of aliphatic hydroxyl groups is 1. The van der Waals surface area contributed by atoms with E-state index in [9.17, 15) is 14.3 Å². The van der Waals surface area contributed by atoms with Crippen LogP contribution in [0.5, 0.6) is 0 Å². The predicted octanol–water partition coefficient (Wildman–Crippen LogP) is 5.43. The maximum Gasteiger partial charge on any atom is 0.408 e. The number of amides is 1. The molecule has 2 aromatic carbocycles. The zero-order valence-electron chi connectivity index (χ0n) is 14.6. The molecule has 26 heavy (non-hydrogen) atoms. The van der Waals surface area contributed by atoms with E-state index in [1.54, 1.807) is 45.0 Å². The molecular weight excluding hydrogens is 380 g/mol. The standard InChI is InChI=1S/C19H20Cl2FNO3/c1-19(2,3)26-18(25)23-16(14-8-7-13(21)10-15(14)22)17(24)11-5-4-6-12(20)9-11/h4-10,16-17,24H,1-3H3,(H,23,25). The first kappa shape index (κ1) is 20.5. The minimum Gasteiger partial charge on any atom is -0.444 e. The van der Waals surface area contributed by atoms with E-state index in [2.05, 4.69) is 5.32 Å². The lowest BCUT2D eigenvalue weighted by Gasteiger charge is -2.27. The molecule has 2 rings (SSSR count). The van der Waals surface area contributed by atoms with Crippen LogP contribution >= 0.6 is 23.2 Å². The van der Waals surface area contributed by atoms with Crippen LogP contribution in [0.4, 0.5) is 9.18 Å². The number of hydrogen-bond donors (Lipinski definition) is 2. The Morgan fingerprint density at radius 3 is 2.38 bits per heavy atom. The quantitative estimate of drug-likeness (QED) is 0.720. The molecular formula is C19H20Cl2FNO3. The largest absolute Gasteiger partial charge is 0.444 e. The van der Waals surface area contributed by atoms with E-state index >= 15 is 0 Å². The monoisotopic (exact) mass is 399 g/mol. The van der Waals surface area contributed by atoms with Crippen LogP contribution in [0, 0.1) is 5.82 Å². The number of aliphatic hydroxyl groups excluding tert-OH is 1. The first-order chi connectivity index (χ1) is 12.1. The molecule has 2 aromatic rings. The lowest BCUT2D eigenvalue weighted by atomic mass is 9.95. The van der Waals surface area contributed by atoms with Crippen molar-refractivity contribution < 1.29 is 19.0 Å². The van der Waals surface area contributed by atoms with E-state index in [1.807, 2.05) is 0 Å². The van der Waals surface area contributed by atoms with Gasteiger partial charge in [-0.1, -0.05) is 41.4 Å². The normalized spacial score (nSPS) is 13.8. The summed E-state index contributed by atoms with van der Waals surface area (Å²) in [4.78, 5) is 12.2. The van der Waals surface area contributed by atoms with Gasteiger partial charge in [0.15, 0.2) is 0 Å². The van der Waals surface area contributed by atoms with Crippen molar-refractivity contribution in [2.45, 2.75) is 38.5 Å². The van der Waals surface area contributed by atoms with Gasteiger partial charge in [-0.15, -0.1) is 0 Å². The molecule has 0 bridgehead atoms. The van der Waals surface area contributed by atoms with Crippen LogP contribution in [-0.4, -0.2) is 16.8 Å². The number of rotatable bonds is 4. The van der Waals surface area contributed by atoms with Crippen LogP contribution in [0.3, 0.4) is 0 Å². The van der Waals surface area contributed by atoms with Gasteiger partial charge in [-0.25, -0.2) is 9.18 Å². The van der Waals surface area contributed by atoms with Crippen molar-refractivity contribution in [3.8, 4) is 0 Å². The van der Waals surface area contributed by atoms with Crippen LogP contribution < -0.4 is 5.32 Å². The molecule has 0 aliphatic carbocycles. The van der Waals surface area contributed by atoms with Gasteiger partial charge in [-0.05, 0) is 50.6 Å². The summed E-state index contributed by atoms with van der Waals surface area (Å²) in [5.74, 6) is -0.653. The fourth-order valence-electron chi connectivity index (χ4n) is 2.40. The molecule has 0 aliphatic rings. The Bertz CT molecular complexity index is 793. The third-order valence-corrected chi connectivity index (χ3v) is 3.95. The highest BCUT2D eigenvalue weighted by atomic mass is 35.5. The SMILES string of the molecule is CC(C)(C)OC(=O)NC(c1ccc(Cl)cc1F)C(O)c1cccc(Cl)c1. The number of benzene rings is 2. The fourth-order valence-corrected chi connectivity index (χ4v) is 2.76. The topological polar surface area (TPSA) is 58.6 Å². The average molecular weight is 400 g/mol. The molecule has 0 heterocycles. The van der Waals surface area contributed by atoms with Crippen molar-refractivity contribution in [1.29, 1.82) is 0 Å². The molecule has 0 saturated carbocycles. The Labute approximate surface area is 161 Å². The smallest absolute Gasteiger partial charge is 0.408 e. The number of alkyl carbamates (subject to hydrolysis) is 1. The Hall–Kier alpha value is -1.82. The van der Waals surface area contributed by atoms with Crippen LogP contribution in [0.2, 0.25) is 10.0 Å². The van der Waals surface area contributed by atoms with Crippen molar-refractivity contribution in [3.63, 3.8) is 0 Å². The molecule has 4 nitrogen and oxygen atoms in total. The molecule has 0 aromatic heterocycles. The lowest BCUT2D eigenvalue weighted by molar-refractivity contribution is 0.0416. The molecule has 0 aliphatic heterocycles. The first-order valence-corrected chi connectivity index (χ1v) is 8.70. The van der Waals surface area contributed by atoms with Gasteiger partial charge in [0.05, 0.1) is 6.04 Å². The van der Waals surface area contributed by atoms with Gasteiger partial charge in [0.1, 0.15) is 17.5 Å². The highest BCUT2D eigenvalue weighted by molar-refractivity contribution is 6.30. The molecule has 0 fully saturated rings. The van der Waals surface area contributed by atoms with Gasteiger partial charge in [0.2, 0.25) is 0 Å². The Kier molecular flexibility index (Phi) is 6.50. The Morgan fingerprint density at radius 1 is 1.15 bits per heavy atom. The second kappa shape index (κ2) is 8.25. The zero-order chi connectivity index (χ0) is 19.5. The summed E-state index contributed by atoms with van der Waals surface area (Å²) < 4.78 is 19.7. The molecule has 2 atom stereocenters. The maximum absolute atomic E-state index is 14.4. The second-order valence-corrected chi connectivity index (χ2v) is 7.66. The number of halogens is 3. The summed E-state index contributed by atoms with van der Waals surface area (Å²) in [5.41, 5.74) is -0.241. The van der Waals surface area contributed by atoms with E-state index < -0.39 is 29.7 Å². The second-order valence-electron chi connectivity index (χ2n) is 6.79. The number of carbonyl (C=O) groups is 1. The summed E-state index contributed by atoms with van der Waals surface area (Å²) in [6.07, 6.45) is -2.03. The third kappa shape index (κ3) is 5.59. The van der Waals surface area contributed by atoms with E-state index in [-0.39, 0.29) is 10.6 Å². The Balaban J connectivity index is 2.39. The van der Waals surface area contributed by atoms with E-state index in [0.29, 0.717) is 10.6 Å². The summed E-state index contributed by atoms with van der Waals surface area (Å²) in [6.45, 7) is 5.12. The van der Waals surface area contributed by atoms with Gasteiger partial charge < -0.3 is 15.2 Å². The molecule has 140 valence electrons. The van der Waals surface area contributed by atoms with Gasteiger partial charge in [-0.2, -0.15) is 0 Å². The van der Waals surface area contributed by atoms with Gasteiger partial charge in [0, 0.05) is 15.6 Å². The molecule has 1 amide bonds. The van der Waals surface area contributed by atoms with Crippen molar-refractivity contribution in [3.05, 3.63) is 69.5 Å². The molecule has 0 spiro atoms. The van der Waals surface area contributed by atoms with Crippen LogP contribution in [0.15, 0.2) is 42.5 Å². The van der Waals surface area contributed by atoms with Crippen LogP contribution in [-0.2, 0) is 4.74 Å². The molecule has 2 unspecified atom stereocenters. The third-order valence-electron chi connectivity index (χ3n) is 3.48.